The van der Waals surface area contributed by atoms with Crippen molar-refractivity contribution >= 4 is 5.65 Å². The van der Waals surface area contributed by atoms with Crippen LogP contribution < -0.4 is 10.1 Å². The number of imidazole rings is 1. The van der Waals surface area contributed by atoms with Crippen molar-refractivity contribution in [1.82, 2.24) is 14.7 Å². The van der Waals surface area contributed by atoms with E-state index in [0.29, 0.717) is 5.88 Å². The van der Waals surface area contributed by atoms with Crippen molar-refractivity contribution < 1.29 is 4.74 Å². The predicted octanol–water partition coefficient (Wildman–Crippen LogP) is 3.54. The summed E-state index contributed by atoms with van der Waals surface area (Å²) in [5.74, 6) is 1.48. The molecule has 0 saturated carbocycles. The van der Waals surface area contributed by atoms with Gasteiger partial charge in [0.05, 0.1) is 0 Å². The van der Waals surface area contributed by atoms with E-state index in [1.807, 2.05) is 42.6 Å². The maximum absolute atomic E-state index is 6.00. The lowest BCUT2D eigenvalue weighted by atomic mass is 10.2. The Balaban J connectivity index is 2.00. The van der Waals surface area contributed by atoms with E-state index in [-0.39, 0.29) is 0 Å². The van der Waals surface area contributed by atoms with Crippen LogP contribution in [0.2, 0.25) is 0 Å². The van der Waals surface area contributed by atoms with Crippen LogP contribution in [-0.4, -0.2) is 15.9 Å². The molecule has 0 fully saturated rings. The zero-order chi connectivity index (χ0) is 14.7. The smallest absolute Gasteiger partial charge is 0.242 e. The molecule has 2 aromatic heterocycles. The lowest BCUT2D eigenvalue weighted by molar-refractivity contribution is 0.455. The molecule has 0 aliphatic rings. The Morgan fingerprint density at radius 1 is 1.19 bits per heavy atom. The maximum Gasteiger partial charge on any atom is 0.242 e. The summed E-state index contributed by atoms with van der Waals surface area (Å²) in [4.78, 5) is 4.59. The van der Waals surface area contributed by atoms with Crippen molar-refractivity contribution in [3.05, 3.63) is 59.9 Å². The van der Waals surface area contributed by atoms with Gasteiger partial charge in [-0.1, -0.05) is 25.1 Å². The third kappa shape index (κ3) is 2.90. The third-order valence-corrected chi connectivity index (χ3v) is 3.34. The molecule has 0 bridgehead atoms. The van der Waals surface area contributed by atoms with Gasteiger partial charge in [0, 0.05) is 12.7 Å². The number of ether oxygens (including phenoxy) is 1. The number of hydrogen-bond acceptors (Lipinski definition) is 3. The minimum absolute atomic E-state index is 0.660. The molecule has 4 nitrogen and oxygen atoms in total. The Morgan fingerprint density at radius 2 is 2.10 bits per heavy atom. The minimum Gasteiger partial charge on any atom is -0.437 e. The summed E-state index contributed by atoms with van der Waals surface area (Å²) < 4.78 is 8.06. The molecule has 4 heteroatoms. The molecule has 21 heavy (non-hydrogen) atoms. The molecule has 0 spiro atoms. The second kappa shape index (κ2) is 5.97. The van der Waals surface area contributed by atoms with Gasteiger partial charge in [-0.3, -0.25) is 4.40 Å². The topological polar surface area (TPSA) is 38.6 Å². The highest BCUT2D eigenvalue weighted by Gasteiger charge is 2.13. The summed E-state index contributed by atoms with van der Waals surface area (Å²) in [6.07, 6.45) is 2.01. The molecule has 0 saturated heterocycles. The number of rotatable bonds is 5. The van der Waals surface area contributed by atoms with Gasteiger partial charge >= 0.3 is 0 Å². The van der Waals surface area contributed by atoms with Crippen LogP contribution in [0.15, 0.2) is 48.7 Å². The van der Waals surface area contributed by atoms with Gasteiger partial charge in [0.1, 0.15) is 17.1 Å². The van der Waals surface area contributed by atoms with Gasteiger partial charge < -0.3 is 10.1 Å². The largest absolute Gasteiger partial charge is 0.437 e. The average Bonchev–Trinajstić information content (AvgIpc) is 2.82. The number of pyridine rings is 1. The number of aryl methyl sites for hydroxylation is 1. The first kappa shape index (κ1) is 13.6. The van der Waals surface area contributed by atoms with Crippen molar-refractivity contribution in [2.45, 2.75) is 20.4 Å². The minimum atomic E-state index is 0.660. The van der Waals surface area contributed by atoms with E-state index in [0.717, 1.165) is 30.2 Å². The van der Waals surface area contributed by atoms with Crippen LogP contribution in [0, 0.1) is 6.92 Å². The molecule has 0 unspecified atom stereocenters. The van der Waals surface area contributed by atoms with Crippen LogP contribution in [0.4, 0.5) is 0 Å². The first-order valence-electron chi connectivity index (χ1n) is 7.19. The highest BCUT2D eigenvalue weighted by Crippen LogP contribution is 2.26. The van der Waals surface area contributed by atoms with Gasteiger partial charge in [-0.25, -0.2) is 0 Å². The average molecular weight is 281 g/mol. The lowest BCUT2D eigenvalue weighted by Crippen LogP contribution is -2.14. The SMILES string of the molecule is CCNCc1c(Oc2cccc(C)c2)nc2ccccn12. The molecule has 1 N–H and O–H groups in total. The predicted molar refractivity (Wildman–Crippen MR) is 83.8 cm³/mol. The van der Waals surface area contributed by atoms with Gasteiger partial charge in [0.25, 0.3) is 0 Å². The Morgan fingerprint density at radius 3 is 2.90 bits per heavy atom. The summed E-state index contributed by atoms with van der Waals surface area (Å²) in [6.45, 7) is 5.77. The van der Waals surface area contributed by atoms with Crippen LogP contribution in [0.3, 0.4) is 0 Å². The number of benzene rings is 1. The van der Waals surface area contributed by atoms with Crippen LogP contribution in [0.5, 0.6) is 11.6 Å². The lowest BCUT2D eigenvalue weighted by Gasteiger charge is -2.07. The highest BCUT2D eigenvalue weighted by atomic mass is 16.5. The summed E-state index contributed by atoms with van der Waals surface area (Å²) >= 11 is 0. The van der Waals surface area contributed by atoms with Crippen LogP contribution >= 0.6 is 0 Å². The zero-order valence-electron chi connectivity index (χ0n) is 12.3. The van der Waals surface area contributed by atoms with Crippen molar-refractivity contribution in [3.8, 4) is 11.6 Å². The summed E-state index contributed by atoms with van der Waals surface area (Å²) in [7, 11) is 0. The number of fused-ring (bicyclic) bond motifs is 1. The number of nitrogens with zero attached hydrogens (tertiary/aromatic N) is 2. The van der Waals surface area contributed by atoms with Crippen LogP contribution in [0.25, 0.3) is 5.65 Å². The molecule has 3 aromatic rings. The Kier molecular flexibility index (Phi) is 3.88. The van der Waals surface area contributed by atoms with Gasteiger partial charge in [-0.15, -0.1) is 0 Å². The summed E-state index contributed by atoms with van der Waals surface area (Å²) in [5, 5.41) is 3.34. The van der Waals surface area contributed by atoms with Crippen molar-refractivity contribution in [1.29, 1.82) is 0 Å². The van der Waals surface area contributed by atoms with Gasteiger partial charge in [-0.2, -0.15) is 4.98 Å². The van der Waals surface area contributed by atoms with Crippen LogP contribution in [-0.2, 0) is 6.54 Å². The summed E-state index contributed by atoms with van der Waals surface area (Å²) in [6, 6.07) is 14.0. The molecule has 0 radical (unpaired) electrons. The fraction of sp³-hybridized carbons (Fsp3) is 0.235. The molecule has 1 aromatic carbocycles. The molecule has 0 amide bonds. The number of nitrogens with one attached hydrogen (secondary N) is 1. The second-order valence-electron chi connectivity index (χ2n) is 4.99. The zero-order valence-corrected chi connectivity index (χ0v) is 12.3. The normalized spacial score (nSPS) is 11.0. The van der Waals surface area contributed by atoms with Gasteiger partial charge in [-0.05, 0) is 43.3 Å². The highest BCUT2D eigenvalue weighted by molar-refractivity contribution is 5.47. The summed E-state index contributed by atoms with van der Waals surface area (Å²) in [5.41, 5.74) is 3.10. The first-order valence-corrected chi connectivity index (χ1v) is 7.19. The molecule has 108 valence electrons. The van der Waals surface area contributed by atoms with E-state index in [4.69, 9.17) is 4.74 Å². The number of hydrogen-bond donors (Lipinski definition) is 1. The molecule has 2 heterocycles. The maximum atomic E-state index is 6.00. The van der Waals surface area contributed by atoms with Crippen molar-refractivity contribution in [2.24, 2.45) is 0 Å². The van der Waals surface area contributed by atoms with E-state index in [2.05, 4.69) is 34.6 Å². The molecule has 0 aliphatic heterocycles. The molecule has 0 aliphatic carbocycles. The van der Waals surface area contributed by atoms with Crippen LogP contribution in [0.1, 0.15) is 18.2 Å². The molecule has 3 rings (SSSR count). The molecular weight excluding hydrogens is 262 g/mol. The van der Waals surface area contributed by atoms with Gasteiger partial charge in [0.15, 0.2) is 0 Å². The third-order valence-electron chi connectivity index (χ3n) is 3.34. The first-order chi connectivity index (χ1) is 10.3. The number of aromatic nitrogens is 2. The van der Waals surface area contributed by atoms with Gasteiger partial charge in [0.2, 0.25) is 5.88 Å². The standard InChI is InChI=1S/C17H19N3O/c1-3-18-12-15-17(19-16-9-4-5-10-20(15)16)21-14-8-6-7-13(2)11-14/h4-11,18H,3,12H2,1-2H3. The molecule has 0 atom stereocenters. The Bertz CT molecular complexity index is 749. The fourth-order valence-electron chi connectivity index (χ4n) is 2.30. The quantitative estimate of drug-likeness (QED) is 0.777. The van der Waals surface area contributed by atoms with E-state index in [1.54, 1.807) is 0 Å². The van der Waals surface area contributed by atoms with Crippen molar-refractivity contribution in [3.63, 3.8) is 0 Å². The van der Waals surface area contributed by atoms with Crippen molar-refractivity contribution in [2.75, 3.05) is 6.54 Å². The Labute approximate surface area is 124 Å². The van der Waals surface area contributed by atoms with E-state index >= 15 is 0 Å². The molecular formula is C17H19N3O. The monoisotopic (exact) mass is 281 g/mol. The van der Waals surface area contributed by atoms with E-state index in [9.17, 15) is 0 Å². The fourth-order valence-corrected chi connectivity index (χ4v) is 2.30. The van der Waals surface area contributed by atoms with E-state index in [1.165, 1.54) is 5.56 Å². The van der Waals surface area contributed by atoms with E-state index < -0.39 is 0 Å². The Hall–Kier alpha value is -2.33. The second-order valence-corrected chi connectivity index (χ2v) is 4.99.